The van der Waals surface area contributed by atoms with Gasteiger partial charge in [0.25, 0.3) is 0 Å². The highest BCUT2D eigenvalue weighted by Crippen LogP contribution is 2.78. The molecule has 0 amide bonds. The maximum Gasteiger partial charge on any atom is 0.0622 e. The van der Waals surface area contributed by atoms with E-state index < -0.39 is 5.60 Å². The van der Waals surface area contributed by atoms with E-state index in [-0.39, 0.29) is 16.9 Å². The van der Waals surface area contributed by atoms with Gasteiger partial charge in [-0.25, -0.2) is 0 Å². The number of fused-ring (bicyclic) bond motifs is 7. The van der Waals surface area contributed by atoms with Gasteiger partial charge < -0.3 is 10.2 Å². The average Bonchev–Trinajstić information content (AvgIpc) is 2.98. The van der Waals surface area contributed by atoms with Crippen molar-refractivity contribution in [2.45, 2.75) is 131 Å². The second kappa shape index (κ2) is 6.77. The lowest BCUT2D eigenvalue weighted by Crippen LogP contribution is -2.66. The summed E-state index contributed by atoms with van der Waals surface area (Å²) in [6, 6.07) is 0. The molecule has 32 heavy (non-hydrogen) atoms. The van der Waals surface area contributed by atoms with E-state index in [4.69, 9.17) is 0 Å². The van der Waals surface area contributed by atoms with Crippen LogP contribution in [0.4, 0.5) is 0 Å². The van der Waals surface area contributed by atoms with Gasteiger partial charge in [0.05, 0.1) is 11.7 Å². The second-order valence-corrected chi connectivity index (χ2v) is 15.6. The zero-order valence-corrected chi connectivity index (χ0v) is 22.4. The summed E-state index contributed by atoms with van der Waals surface area (Å²) in [4.78, 5) is 0. The third-order valence-electron chi connectivity index (χ3n) is 13.5. The summed E-state index contributed by atoms with van der Waals surface area (Å²) in [5, 5.41) is 21.9. The first-order chi connectivity index (χ1) is 14.6. The zero-order chi connectivity index (χ0) is 23.5. The van der Waals surface area contributed by atoms with Gasteiger partial charge in [-0.1, -0.05) is 41.5 Å². The molecule has 5 rings (SSSR count). The summed E-state index contributed by atoms with van der Waals surface area (Å²) >= 11 is 0. The summed E-state index contributed by atoms with van der Waals surface area (Å²) in [6.45, 7) is 19.6. The van der Waals surface area contributed by atoms with E-state index in [1.54, 1.807) is 0 Å². The Morgan fingerprint density at radius 2 is 1.22 bits per heavy atom. The third-order valence-corrected chi connectivity index (χ3v) is 13.5. The fourth-order valence-electron chi connectivity index (χ4n) is 12.3. The van der Waals surface area contributed by atoms with Crippen LogP contribution < -0.4 is 0 Å². The maximum atomic E-state index is 11.0. The van der Waals surface area contributed by atoms with Crippen LogP contribution in [0.1, 0.15) is 120 Å². The molecule has 0 radical (unpaired) electrons. The molecule has 5 fully saturated rings. The molecule has 5 aliphatic rings. The molecule has 0 spiro atoms. The van der Waals surface area contributed by atoms with Crippen LogP contribution in [0.25, 0.3) is 0 Å². The van der Waals surface area contributed by atoms with E-state index in [9.17, 15) is 10.2 Å². The highest BCUT2D eigenvalue weighted by Gasteiger charge is 2.71. The Balaban J connectivity index is 1.52. The Kier molecular flexibility index (Phi) is 5.01. The number of aliphatic hydroxyl groups excluding tert-OH is 1. The van der Waals surface area contributed by atoms with Crippen LogP contribution in [0, 0.1) is 56.7 Å². The molecule has 0 saturated heterocycles. The van der Waals surface area contributed by atoms with Crippen molar-refractivity contribution in [1.82, 2.24) is 0 Å². The molecule has 0 aromatic rings. The standard InChI is InChI=1S/C30H52O2/c1-25(2)17-19(31)18-28(6)22(25)13-16-30(8)24(28)10-9-23-27(5)14-11-20(26(3,4)32)21(27)12-15-29(23,30)7/h19-24,31-32H,9-18H2,1-8H3. The first kappa shape index (κ1) is 23.7. The SMILES string of the molecule is CC(C)(O)C1CCC2(C)C1CCC1(C)C2CCC2C3(C)CC(O)CC(C)(C)C3CCC21C. The van der Waals surface area contributed by atoms with Crippen molar-refractivity contribution in [1.29, 1.82) is 0 Å². The molecule has 0 aromatic carbocycles. The fraction of sp³-hybridized carbons (Fsp3) is 1.00. The van der Waals surface area contributed by atoms with E-state index in [1.165, 1.54) is 51.4 Å². The van der Waals surface area contributed by atoms with Crippen molar-refractivity contribution < 1.29 is 10.2 Å². The lowest BCUT2D eigenvalue weighted by molar-refractivity contribution is -0.250. The minimum Gasteiger partial charge on any atom is -0.393 e. The smallest absolute Gasteiger partial charge is 0.0622 e. The Bertz CT molecular complexity index is 765. The van der Waals surface area contributed by atoms with Gasteiger partial charge in [0, 0.05) is 0 Å². The van der Waals surface area contributed by atoms with Crippen LogP contribution in [0.3, 0.4) is 0 Å². The monoisotopic (exact) mass is 444 g/mol. The summed E-state index contributed by atoms with van der Waals surface area (Å²) in [5.41, 5.74) is 1.11. The van der Waals surface area contributed by atoms with Gasteiger partial charge in [-0.15, -0.1) is 0 Å². The van der Waals surface area contributed by atoms with Crippen LogP contribution in [-0.4, -0.2) is 21.9 Å². The van der Waals surface area contributed by atoms with E-state index in [1.807, 2.05) is 0 Å². The van der Waals surface area contributed by atoms with Crippen molar-refractivity contribution in [3.8, 4) is 0 Å². The Morgan fingerprint density at radius 3 is 1.81 bits per heavy atom. The normalized spacial score (nSPS) is 57.2. The molecule has 5 aliphatic carbocycles. The Hall–Kier alpha value is -0.0800. The third kappa shape index (κ3) is 2.84. The minimum atomic E-state index is -0.549. The van der Waals surface area contributed by atoms with Gasteiger partial charge in [0.15, 0.2) is 0 Å². The van der Waals surface area contributed by atoms with Gasteiger partial charge in [0.1, 0.15) is 0 Å². The van der Waals surface area contributed by atoms with E-state index >= 15 is 0 Å². The molecule has 184 valence electrons. The Labute approximate surface area is 198 Å². The van der Waals surface area contributed by atoms with Gasteiger partial charge in [-0.05, 0) is 135 Å². The number of hydrogen-bond donors (Lipinski definition) is 2. The van der Waals surface area contributed by atoms with Crippen molar-refractivity contribution in [2.75, 3.05) is 0 Å². The van der Waals surface area contributed by atoms with Gasteiger partial charge >= 0.3 is 0 Å². The fourth-order valence-corrected chi connectivity index (χ4v) is 12.3. The molecule has 10 atom stereocenters. The first-order valence-corrected chi connectivity index (χ1v) is 14.0. The van der Waals surface area contributed by atoms with Crippen molar-refractivity contribution in [3.63, 3.8) is 0 Å². The summed E-state index contributed by atoms with van der Waals surface area (Å²) < 4.78 is 0. The van der Waals surface area contributed by atoms with Gasteiger partial charge in [-0.2, -0.15) is 0 Å². The van der Waals surface area contributed by atoms with Crippen LogP contribution in [-0.2, 0) is 0 Å². The molecule has 0 bridgehead atoms. The molecule has 2 N–H and O–H groups in total. The lowest BCUT2D eigenvalue weighted by atomic mass is 9.32. The lowest BCUT2D eigenvalue weighted by Gasteiger charge is -2.73. The molecule has 2 heteroatoms. The summed E-state index contributed by atoms with van der Waals surface area (Å²) in [5.74, 6) is 3.41. The zero-order valence-electron chi connectivity index (χ0n) is 22.4. The highest BCUT2D eigenvalue weighted by molar-refractivity contribution is 5.19. The quantitative estimate of drug-likeness (QED) is 0.448. The second-order valence-electron chi connectivity index (χ2n) is 15.6. The minimum absolute atomic E-state index is 0.130. The van der Waals surface area contributed by atoms with Crippen molar-refractivity contribution in [3.05, 3.63) is 0 Å². The molecule has 0 aliphatic heterocycles. The topological polar surface area (TPSA) is 40.5 Å². The molecule has 0 aromatic heterocycles. The highest BCUT2D eigenvalue weighted by atomic mass is 16.3. The first-order valence-electron chi connectivity index (χ1n) is 14.0. The van der Waals surface area contributed by atoms with E-state index in [0.29, 0.717) is 28.1 Å². The predicted octanol–water partition coefficient (Wildman–Crippen LogP) is 7.22. The Morgan fingerprint density at radius 1 is 0.656 bits per heavy atom. The molecular weight excluding hydrogens is 392 g/mol. The average molecular weight is 445 g/mol. The molecule has 10 unspecified atom stereocenters. The van der Waals surface area contributed by atoms with Crippen LogP contribution >= 0.6 is 0 Å². The van der Waals surface area contributed by atoms with E-state index in [2.05, 4.69) is 55.4 Å². The number of rotatable bonds is 1. The van der Waals surface area contributed by atoms with Gasteiger partial charge in [0.2, 0.25) is 0 Å². The van der Waals surface area contributed by atoms with Crippen molar-refractivity contribution >= 4 is 0 Å². The molecular formula is C30H52O2. The molecule has 5 saturated carbocycles. The number of aliphatic hydroxyl groups is 2. The summed E-state index contributed by atoms with van der Waals surface area (Å²) in [6.07, 6.45) is 12.4. The molecule has 2 nitrogen and oxygen atoms in total. The van der Waals surface area contributed by atoms with E-state index in [0.717, 1.165) is 30.6 Å². The number of hydrogen-bond acceptors (Lipinski definition) is 2. The van der Waals surface area contributed by atoms with Crippen molar-refractivity contribution in [2.24, 2.45) is 56.7 Å². The van der Waals surface area contributed by atoms with Crippen LogP contribution in [0.5, 0.6) is 0 Å². The van der Waals surface area contributed by atoms with Gasteiger partial charge in [-0.3, -0.25) is 0 Å². The largest absolute Gasteiger partial charge is 0.393 e. The maximum absolute atomic E-state index is 11.0. The predicted molar refractivity (Wildman–Crippen MR) is 132 cm³/mol. The summed E-state index contributed by atoms with van der Waals surface area (Å²) in [7, 11) is 0. The van der Waals surface area contributed by atoms with Crippen LogP contribution in [0.2, 0.25) is 0 Å². The molecule has 0 heterocycles. The van der Waals surface area contributed by atoms with Crippen LogP contribution in [0.15, 0.2) is 0 Å².